The minimum Gasteiger partial charge on any atom is -0.329 e. The van der Waals surface area contributed by atoms with Crippen molar-refractivity contribution >= 4 is 28.3 Å². The van der Waals surface area contributed by atoms with Crippen LogP contribution in [-0.4, -0.2) is 27.9 Å². The van der Waals surface area contributed by atoms with E-state index in [1.54, 1.807) is 17.0 Å². The molecule has 0 aliphatic heterocycles. The summed E-state index contributed by atoms with van der Waals surface area (Å²) in [6.45, 7) is 10.1. The summed E-state index contributed by atoms with van der Waals surface area (Å²) >= 11 is 6.20. The van der Waals surface area contributed by atoms with Crippen LogP contribution in [0.25, 0.3) is 10.8 Å². The van der Waals surface area contributed by atoms with Gasteiger partial charge in [-0.3, -0.25) is 4.79 Å². The molecular weight excluding hydrogens is 284 g/mol. The van der Waals surface area contributed by atoms with Crippen LogP contribution in [0.4, 0.5) is 0 Å². The van der Waals surface area contributed by atoms with E-state index in [0.717, 1.165) is 10.8 Å². The number of hydrogen-bond donors (Lipinski definition) is 0. The maximum absolute atomic E-state index is 12.7. The zero-order chi connectivity index (χ0) is 15.6. The van der Waals surface area contributed by atoms with Crippen molar-refractivity contribution in [1.82, 2.24) is 9.88 Å². The van der Waals surface area contributed by atoms with Crippen LogP contribution in [0.2, 0.25) is 5.15 Å². The monoisotopic (exact) mass is 302 g/mol. The molecule has 2 rings (SSSR count). The highest BCUT2D eigenvalue weighted by molar-refractivity contribution is 6.34. The number of pyridine rings is 1. The van der Waals surface area contributed by atoms with Crippen LogP contribution in [0.3, 0.4) is 0 Å². The van der Waals surface area contributed by atoms with Crippen LogP contribution in [0.5, 0.6) is 0 Å². The summed E-state index contributed by atoms with van der Waals surface area (Å²) in [6, 6.07) is 9.42. The number of fused-ring (bicyclic) bond motifs is 1. The molecule has 1 aromatic heterocycles. The number of hydrogen-bond acceptors (Lipinski definition) is 2. The van der Waals surface area contributed by atoms with Crippen molar-refractivity contribution in [3.8, 4) is 0 Å². The maximum Gasteiger partial charge on any atom is 0.273 e. The fourth-order valence-corrected chi connectivity index (χ4v) is 2.46. The topological polar surface area (TPSA) is 33.2 Å². The SMILES string of the molecule is C=CCN(C(=O)c1cc2ccccc2c(Cl)n1)C(C)(C)C. The molecule has 3 nitrogen and oxygen atoms in total. The lowest BCUT2D eigenvalue weighted by molar-refractivity contribution is 0.0610. The number of carbonyl (C=O) groups is 1. The number of benzene rings is 1. The quantitative estimate of drug-likeness (QED) is 0.625. The zero-order valence-corrected chi connectivity index (χ0v) is 13.3. The first-order valence-corrected chi connectivity index (χ1v) is 7.20. The Balaban J connectivity index is 2.49. The van der Waals surface area contributed by atoms with Gasteiger partial charge in [0.2, 0.25) is 0 Å². The molecule has 0 spiro atoms. The van der Waals surface area contributed by atoms with Gasteiger partial charge < -0.3 is 4.90 Å². The number of nitrogens with zero attached hydrogens (tertiary/aromatic N) is 2. The minimum absolute atomic E-state index is 0.143. The second kappa shape index (κ2) is 5.86. The summed E-state index contributed by atoms with van der Waals surface area (Å²) in [5, 5.41) is 2.11. The Bertz CT molecular complexity index is 689. The van der Waals surface area contributed by atoms with Gasteiger partial charge in [0.15, 0.2) is 0 Å². The number of halogens is 1. The highest BCUT2D eigenvalue weighted by Crippen LogP contribution is 2.24. The van der Waals surface area contributed by atoms with E-state index in [0.29, 0.717) is 17.4 Å². The van der Waals surface area contributed by atoms with E-state index in [2.05, 4.69) is 11.6 Å². The van der Waals surface area contributed by atoms with E-state index in [4.69, 9.17) is 11.6 Å². The van der Waals surface area contributed by atoms with E-state index < -0.39 is 0 Å². The molecule has 0 aliphatic rings. The molecular formula is C17H19ClN2O. The molecule has 0 saturated heterocycles. The summed E-state index contributed by atoms with van der Waals surface area (Å²) in [5.74, 6) is -0.143. The van der Waals surface area contributed by atoms with Gasteiger partial charge in [-0.15, -0.1) is 6.58 Å². The fourth-order valence-electron chi connectivity index (χ4n) is 2.19. The van der Waals surface area contributed by atoms with E-state index in [9.17, 15) is 4.79 Å². The van der Waals surface area contributed by atoms with Gasteiger partial charge in [0.05, 0.1) is 0 Å². The average Bonchev–Trinajstić information content (AvgIpc) is 2.43. The third kappa shape index (κ3) is 3.24. The highest BCUT2D eigenvalue weighted by Gasteiger charge is 2.27. The molecule has 0 atom stereocenters. The van der Waals surface area contributed by atoms with Gasteiger partial charge in [0, 0.05) is 17.5 Å². The van der Waals surface area contributed by atoms with Crippen LogP contribution in [0.15, 0.2) is 43.0 Å². The molecule has 4 heteroatoms. The Morgan fingerprint density at radius 2 is 2.05 bits per heavy atom. The third-order valence-electron chi connectivity index (χ3n) is 3.28. The van der Waals surface area contributed by atoms with Gasteiger partial charge >= 0.3 is 0 Å². The smallest absolute Gasteiger partial charge is 0.273 e. The lowest BCUT2D eigenvalue weighted by atomic mass is 10.0. The Morgan fingerprint density at radius 1 is 1.38 bits per heavy atom. The van der Waals surface area contributed by atoms with Gasteiger partial charge in [-0.2, -0.15) is 0 Å². The predicted molar refractivity (Wildman–Crippen MR) is 87.7 cm³/mol. The Hall–Kier alpha value is -1.87. The van der Waals surface area contributed by atoms with Crippen LogP contribution >= 0.6 is 11.6 Å². The van der Waals surface area contributed by atoms with Crippen LogP contribution in [0, 0.1) is 0 Å². The average molecular weight is 303 g/mol. The van der Waals surface area contributed by atoms with Crippen molar-refractivity contribution in [3.63, 3.8) is 0 Å². The number of carbonyl (C=O) groups excluding carboxylic acids is 1. The first-order valence-electron chi connectivity index (χ1n) is 6.82. The molecule has 110 valence electrons. The molecule has 21 heavy (non-hydrogen) atoms. The Labute approximate surface area is 130 Å². The van der Waals surface area contributed by atoms with Crippen molar-refractivity contribution in [1.29, 1.82) is 0 Å². The van der Waals surface area contributed by atoms with Gasteiger partial charge in [0.1, 0.15) is 10.8 Å². The molecule has 0 aliphatic carbocycles. The fraction of sp³-hybridized carbons (Fsp3) is 0.294. The second-order valence-electron chi connectivity index (χ2n) is 5.89. The van der Waals surface area contributed by atoms with Crippen molar-refractivity contribution in [2.24, 2.45) is 0 Å². The molecule has 1 aromatic carbocycles. The largest absolute Gasteiger partial charge is 0.329 e. The molecule has 2 aromatic rings. The molecule has 1 heterocycles. The lowest BCUT2D eigenvalue weighted by Crippen LogP contribution is -2.46. The summed E-state index contributed by atoms with van der Waals surface area (Å²) < 4.78 is 0. The third-order valence-corrected chi connectivity index (χ3v) is 3.57. The van der Waals surface area contributed by atoms with Gasteiger partial charge in [-0.05, 0) is 32.2 Å². The zero-order valence-electron chi connectivity index (χ0n) is 12.6. The van der Waals surface area contributed by atoms with Gasteiger partial charge in [0.25, 0.3) is 5.91 Å². The number of rotatable bonds is 3. The molecule has 0 bridgehead atoms. The summed E-state index contributed by atoms with van der Waals surface area (Å²) in [7, 11) is 0. The normalized spacial score (nSPS) is 11.4. The Morgan fingerprint density at radius 3 is 2.67 bits per heavy atom. The first kappa shape index (κ1) is 15.5. The summed E-state index contributed by atoms with van der Waals surface area (Å²) in [5.41, 5.74) is 0.0425. The van der Waals surface area contributed by atoms with Crippen LogP contribution in [0.1, 0.15) is 31.3 Å². The highest BCUT2D eigenvalue weighted by atomic mass is 35.5. The van der Waals surface area contributed by atoms with E-state index in [-0.39, 0.29) is 11.4 Å². The van der Waals surface area contributed by atoms with Crippen LogP contribution in [-0.2, 0) is 0 Å². The van der Waals surface area contributed by atoms with Gasteiger partial charge in [-0.25, -0.2) is 4.98 Å². The molecule has 0 fully saturated rings. The number of aromatic nitrogens is 1. The summed E-state index contributed by atoms with van der Waals surface area (Å²) in [6.07, 6.45) is 1.71. The number of amides is 1. The molecule has 0 radical (unpaired) electrons. The van der Waals surface area contributed by atoms with E-state index >= 15 is 0 Å². The van der Waals surface area contributed by atoms with E-state index in [1.165, 1.54) is 0 Å². The van der Waals surface area contributed by atoms with Crippen molar-refractivity contribution in [2.75, 3.05) is 6.54 Å². The molecule has 0 N–H and O–H groups in total. The molecule has 0 unspecified atom stereocenters. The second-order valence-corrected chi connectivity index (χ2v) is 6.25. The van der Waals surface area contributed by atoms with Crippen molar-refractivity contribution in [3.05, 3.63) is 53.8 Å². The standard InChI is InChI=1S/C17H19ClN2O/c1-5-10-20(17(2,3)4)16(21)14-11-12-8-6-7-9-13(12)15(18)19-14/h5-9,11H,1,10H2,2-4H3. The lowest BCUT2D eigenvalue weighted by Gasteiger charge is -2.34. The van der Waals surface area contributed by atoms with E-state index in [1.807, 2.05) is 45.0 Å². The van der Waals surface area contributed by atoms with Crippen molar-refractivity contribution in [2.45, 2.75) is 26.3 Å². The van der Waals surface area contributed by atoms with Crippen molar-refractivity contribution < 1.29 is 4.79 Å². The first-order chi connectivity index (χ1) is 9.84. The summed E-state index contributed by atoms with van der Waals surface area (Å²) in [4.78, 5) is 18.7. The Kier molecular flexibility index (Phi) is 4.33. The predicted octanol–water partition coefficient (Wildman–Crippen LogP) is 4.31. The van der Waals surface area contributed by atoms with Gasteiger partial charge in [-0.1, -0.05) is 41.9 Å². The maximum atomic E-state index is 12.7. The minimum atomic E-state index is -0.314. The molecule has 0 saturated carbocycles. The van der Waals surface area contributed by atoms with Crippen LogP contribution < -0.4 is 0 Å². The molecule has 1 amide bonds.